The average Bonchev–Trinajstić information content (AvgIpc) is 2.97. The molecule has 0 bridgehead atoms. The summed E-state index contributed by atoms with van der Waals surface area (Å²) in [6.45, 7) is 2.67. The first-order chi connectivity index (χ1) is 9.69. The van der Waals surface area contributed by atoms with E-state index in [0.717, 1.165) is 11.3 Å². The first kappa shape index (κ1) is 14.3. The number of aromatic nitrogens is 2. The van der Waals surface area contributed by atoms with Gasteiger partial charge in [-0.15, -0.1) is 0 Å². The van der Waals surface area contributed by atoms with Crippen LogP contribution in [0.3, 0.4) is 0 Å². The summed E-state index contributed by atoms with van der Waals surface area (Å²) in [6, 6.07) is 7.82. The average molecular weight is 273 g/mol. The van der Waals surface area contributed by atoms with E-state index in [1.54, 1.807) is 12.5 Å². The maximum absolute atomic E-state index is 11.8. The highest BCUT2D eigenvalue weighted by molar-refractivity contribution is 5.75. The normalized spacial score (nSPS) is 12.1. The van der Waals surface area contributed by atoms with Crippen LogP contribution < -0.4 is 5.32 Å². The number of nitrogens with zero attached hydrogens (tertiary/aromatic N) is 1. The van der Waals surface area contributed by atoms with E-state index in [4.69, 9.17) is 4.74 Å². The fraction of sp³-hybridized carbons (Fsp3) is 0.333. The van der Waals surface area contributed by atoms with Crippen molar-refractivity contribution < 1.29 is 9.53 Å². The highest BCUT2D eigenvalue weighted by Crippen LogP contribution is 2.05. The molecule has 0 radical (unpaired) electrons. The second-order valence-electron chi connectivity index (χ2n) is 4.72. The molecule has 1 atom stereocenters. The number of imidazole rings is 1. The van der Waals surface area contributed by atoms with Crippen LogP contribution in [-0.4, -0.2) is 29.1 Å². The summed E-state index contributed by atoms with van der Waals surface area (Å²) in [5, 5.41) is 3.22. The van der Waals surface area contributed by atoms with Crippen molar-refractivity contribution in [1.82, 2.24) is 15.3 Å². The van der Waals surface area contributed by atoms with Crippen molar-refractivity contribution in [2.24, 2.45) is 0 Å². The molecular formula is C15H19N3O2. The lowest BCUT2D eigenvalue weighted by Gasteiger charge is -2.15. The number of nitrogens with one attached hydrogen (secondary N) is 2. The number of hydrogen-bond acceptors (Lipinski definition) is 4. The number of aryl methyl sites for hydroxylation is 1. The zero-order chi connectivity index (χ0) is 14.4. The Bertz CT molecular complexity index is 535. The van der Waals surface area contributed by atoms with Crippen LogP contribution in [0.5, 0.6) is 0 Å². The maximum atomic E-state index is 11.8. The molecule has 20 heavy (non-hydrogen) atoms. The van der Waals surface area contributed by atoms with Crippen LogP contribution in [0.2, 0.25) is 0 Å². The van der Waals surface area contributed by atoms with Crippen molar-refractivity contribution in [1.29, 1.82) is 0 Å². The lowest BCUT2D eigenvalue weighted by atomic mass is 10.1. The van der Waals surface area contributed by atoms with Gasteiger partial charge in [-0.05, 0) is 12.5 Å². The Morgan fingerprint density at radius 2 is 2.15 bits per heavy atom. The van der Waals surface area contributed by atoms with Gasteiger partial charge in [-0.3, -0.25) is 10.1 Å². The minimum absolute atomic E-state index is 0.272. The molecule has 0 saturated carbocycles. The third-order valence-corrected chi connectivity index (χ3v) is 3.14. The van der Waals surface area contributed by atoms with Gasteiger partial charge in [0.25, 0.3) is 0 Å². The Morgan fingerprint density at radius 1 is 1.40 bits per heavy atom. The number of carbonyl (C=O) groups excluding carboxylic acids is 1. The molecular weight excluding hydrogens is 254 g/mol. The quantitative estimate of drug-likeness (QED) is 0.784. The van der Waals surface area contributed by atoms with Gasteiger partial charge in [0.2, 0.25) is 0 Å². The zero-order valence-corrected chi connectivity index (χ0v) is 11.7. The lowest BCUT2D eigenvalue weighted by Crippen LogP contribution is -2.39. The number of hydrogen-bond donors (Lipinski definition) is 2. The molecule has 2 aromatic rings. The van der Waals surface area contributed by atoms with Crippen molar-refractivity contribution >= 4 is 5.97 Å². The molecule has 1 aromatic heterocycles. The monoisotopic (exact) mass is 273 g/mol. The molecule has 106 valence electrons. The van der Waals surface area contributed by atoms with E-state index in [9.17, 15) is 4.79 Å². The fourth-order valence-corrected chi connectivity index (χ4v) is 1.94. The van der Waals surface area contributed by atoms with Gasteiger partial charge in [-0.25, -0.2) is 4.98 Å². The molecule has 0 aliphatic rings. The summed E-state index contributed by atoms with van der Waals surface area (Å²) in [7, 11) is 1.40. The second-order valence-corrected chi connectivity index (χ2v) is 4.72. The highest BCUT2D eigenvalue weighted by Gasteiger charge is 2.19. The van der Waals surface area contributed by atoms with E-state index in [1.807, 2.05) is 19.1 Å². The standard InChI is InChI=1S/C15H19N3O2/c1-11-3-5-12(6-4-11)8-17-14(15(19)20-2)7-13-9-16-10-18-13/h3-6,9-10,14,17H,7-8H2,1-2H3,(H,16,18)/t14-/m0/s1. The van der Waals surface area contributed by atoms with Gasteiger partial charge in [-0.2, -0.15) is 0 Å². The number of benzene rings is 1. The molecule has 5 nitrogen and oxygen atoms in total. The smallest absolute Gasteiger partial charge is 0.323 e. The van der Waals surface area contributed by atoms with Gasteiger partial charge in [0, 0.05) is 24.9 Å². The van der Waals surface area contributed by atoms with E-state index < -0.39 is 0 Å². The van der Waals surface area contributed by atoms with Crippen molar-refractivity contribution in [2.75, 3.05) is 7.11 Å². The molecule has 0 fully saturated rings. The number of H-pyrrole nitrogens is 1. The second kappa shape index (κ2) is 6.86. The van der Waals surface area contributed by atoms with Crippen LogP contribution in [0.1, 0.15) is 16.8 Å². The molecule has 0 aliphatic heterocycles. The number of esters is 1. The Hall–Kier alpha value is -2.14. The summed E-state index contributed by atoms with van der Waals surface area (Å²) in [4.78, 5) is 18.7. The zero-order valence-electron chi connectivity index (χ0n) is 11.7. The van der Waals surface area contributed by atoms with Crippen molar-refractivity contribution in [3.05, 3.63) is 53.6 Å². The molecule has 1 aromatic carbocycles. The number of rotatable bonds is 6. The van der Waals surface area contributed by atoms with Crippen molar-refractivity contribution in [3.8, 4) is 0 Å². The van der Waals surface area contributed by atoms with Gasteiger partial charge >= 0.3 is 5.97 Å². The van der Waals surface area contributed by atoms with Crippen LogP contribution in [0.4, 0.5) is 0 Å². The summed E-state index contributed by atoms with van der Waals surface area (Å²) < 4.78 is 4.83. The Balaban J connectivity index is 1.97. The summed E-state index contributed by atoms with van der Waals surface area (Å²) in [6.07, 6.45) is 3.84. The van der Waals surface area contributed by atoms with E-state index >= 15 is 0 Å². The largest absolute Gasteiger partial charge is 0.468 e. The Kier molecular flexibility index (Phi) is 4.90. The van der Waals surface area contributed by atoms with E-state index in [0.29, 0.717) is 13.0 Å². The molecule has 0 aliphatic carbocycles. The summed E-state index contributed by atoms with van der Waals surface area (Å²) in [5.74, 6) is -0.272. The number of methoxy groups -OCH3 is 1. The molecule has 0 saturated heterocycles. The predicted octanol–water partition coefficient (Wildman–Crippen LogP) is 1.59. The molecule has 5 heteroatoms. The molecule has 0 amide bonds. The SMILES string of the molecule is COC(=O)[C@H](Cc1cnc[nH]1)NCc1ccc(C)cc1. The maximum Gasteiger partial charge on any atom is 0.323 e. The van der Waals surface area contributed by atoms with E-state index in [1.165, 1.54) is 12.7 Å². The fourth-order valence-electron chi connectivity index (χ4n) is 1.94. The van der Waals surface area contributed by atoms with Gasteiger partial charge in [0.05, 0.1) is 13.4 Å². The molecule has 0 unspecified atom stereocenters. The number of carbonyl (C=O) groups is 1. The first-order valence-corrected chi connectivity index (χ1v) is 6.53. The number of aromatic amines is 1. The van der Waals surface area contributed by atoms with E-state index in [-0.39, 0.29) is 12.0 Å². The molecule has 0 spiro atoms. The minimum atomic E-state index is -0.387. The number of ether oxygens (including phenoxy) is 1. The van der Waals surface area contributed by atoms with Crippen LogP contribution in [0, 0.1) is 6.92 Å². The van der Waals surface area contributed by atoms with Gasteiger partial charge < -0.3 is 9.72 Å². The van der Waals surface area contributed by atoms with Crippen molar-refractivity contribution in [3.63, 3.8) is 0 Å². The van der Waals surface area contributed by atoms with Crippen LogP contribution in [0.25, 0.3) is 0 Å². The van der Waals surface area contributed by atoms with Crippen LogP contribution in [-0.2, 0) is 22.5 Å². The van der Waals surface area contributed by atoms with Crippen LogP contribution in [0.15, 0.2) is 36.8 Å². The van der Waals surface area contributed by atoms with Gasteiger partial charge in [0.15, 0.2) is 0 Å². The molecule has 1 heterocycles. The van der Waals surface area contributed by atoms with Crippen LogP contribution >= 0.6 is 0 Å². The summed E-state index contributed by atoms with van der Waals surface area (Å²) in [5.41, 5.74) is 3.25. The topological polar surface area (TPSA) is 67.0 Å². The summed E-state index contributed by atoms with van der Waals surface area (Å²) >= 11 is 0. The van der Waals surface area contributed by atoms with E-state index in [2.05, 4.69) is 27.4 Å². The molecule has 2 rings (SSSR count). The third kappa shape index (κ3) is 3.93. The van der Waals surface area contributed by atoms with Gasteiger partial charge in [-0.1, -0.05) is 29.8 Å². The molecule has 2 N–H and O–H groups in total. The Morgan fingerprint density at radius 3 is 2.75 bits per heavy atom. The Labute approximate surface area is 118 Å². The third-order valence-electron chi connectivity index (χ3n) is 3.14. The minimum Gasteiger partial charge on any atom is -0.468 e. The lowest BCUT2D eigenvalue weighted by molar-refractivity contribution is -0.143. The van der Waals surface area contributed by atoms with Crippen molar-refractivity contribution in [2.45, 2.75) is 25.9 Å². The van der Waals surface area contributed by atoms with Gasteiger partial charge in [0.1, 0.15) is 6.04 Å². The first-order valence-electron chi connectivity index (χ1n) is 6.53. The predicted molar refractivity (Wildman–Crippen MR) is 76.1 cm³/mol. The highest BCUT2D eigenvalue weighted by atomic mass is 16.5.